The quantitative estimate of drug-likeness (QED) is 0.409. The molecule has 2 amide bonds. The summed E-state index contributed by atoms with van der Waals surface area (Å²) in [6.45, 7) is 5.63. The van der Waals surface area contributed by atoms with Gasteiger partial charge in [-0.1, -0.05) is 55.0 Å². The fraction of sp³-hybridized carbons (Fsp3) is 0.500. The summed E-state index contributed by atoms with van der Waals surface area (Å²) in [5.74, 6) is 1.05. The lowest BCUT2D eigenvalue weighted by atomic mass is 10.0. The minimum absolute atomic E-state index is 0.0283. The first-order valence-corrected chi connectivity index (χ1v) is 13.4. The van der Waals surface area contributed by atoms with Gasteiger partial charge in [-0.2, -0.15) is 11.8 Å². The molecule has 6 heteroatoms. The fourth-order valence-electron chi connectivity index (χ4n) is 4.29. The molecule has 0 spiro atoms. The van der Waals surface area contributed by atoms with Crippen LogP contribution in [0.1, 0.15) is 58.4 Å². The van der Waals surface area contributed by atoms with Crippen molar-refractivity contribution < 1.29 is 14.3 Å². The molecule has 1 fully saturated rings. The molecule has 0 aromatic heterocycles. The van der Waals surface area contributed by atoms with Crippen LogP contribution in [0, 0.1) is 5.92 Å². The van der Waals surface area contributed by atoms with E-state index in [1.165, 1.54) is 5.56 Å². The predicted octanol–water partition coefficient (Wildman–Crippen LogP) is 6.44. The molecular weight excluding hydrogens is 444 g/mol. The number of carbonyl (C=O) groups excluding carboxylic acids is 2. The monoisotopic (exact) mass is 482 g/mol. The van der Waals surface area contributed by atoms with Gasteiger partial charge in [0.2, 0.25) is 5.91 Å². The van der Waals surface area contributed by atoms with Crippen LogP contribution >= 0.6 is 11.8 Å². The van der Waals surface area contributed by atoms with E-state index in [0.717, 1.165) is 50.0 Å². The van der Waals surface area contributed by atoms with Crippen molar-refractivity contribution in [3.63, 3.8) is 0 Å². The highest BCUT2D eigenvalue weighted by Gasteiger charge is 2.33. The van der Waals surface area contributed by atoms with E-state index in [4.69, 9.17) is 4.74 Å². The van der Waals surface area contributed by atoms with Crippen LogP contribution in [0.2, 0.25) is 0 Å². The first-order valence-electron chi connectivity index (χ1n) is 12.3. The van der Waals surface area contributed by atoms with Gasteiger partial charge in [-0.05, 0) is 76.3 Å². The van der Waals surface area contributed by atoms with Crippen molar-refractivity contribution in [2.24, 2.45) is 5.92 Å². The van der Waals surface area contributed by atoms with Crippen molar-refractivity contribution in [1.82, 2.24) is 5.32 Å². The first-order chi connectivity index (χ1) is 16.3. The Balaban J connectivity index is 1.52. The molecule has 5 nitrogen and oxygen atoms in total. The van der Waals surface area contributed by atoms with Gasteiger partial charge in [0.15, 0.2) is 0 Å². The van der Waals surface area contributed by atoms with Gasteiger partial charge in [0.1, 0.15) is 5.60 Å². The molecular formula is C28H38N2O3S. The molecule has 0 radical (unpaired) electrons. The Kier molecular flexibility index (Phi) is 9.87. The minimum Gasteiger partial charge on any atom is -0.444 e. The molecule has 3 atom stereocenters. The van der Waals surface area contributed by atoms with E-state index < -0.39 is 5.60 Å². The van der Waals surface area contributed by atoms with E-state index in [1.807, 2.05) is 81.1 Å². The number of aryl methyl sites for hydroxylation is 1. The maximum Gasteiger partial charge on any atom is 0.407 e. The maximum atomic E-state index is 12.9. The molecule has 0 aliphatic heterocycles. The van der Waals surface area contributed by atoms with Crippen LogP contribution in [0.15, 0.2) is 60.7 Å². The molecule has 0 bridgehead atoms. The Bertz CT molecular complexity index is 899. The van der Waals surface area contributed by atoms with Gasteiger partial charge in [0.05, 0.1) is 5.92 Å². The number of para-hydroxylation sites is 1. The summed E-state index contributed by atoms with van der Waals surface area (Å²) in [6.07, 6.45) is 5.31. The van der Waals surface area contributed by atoms with E-state index in [1.54, 1.807) is 0 Å². The molecule has 2 N–H and O–H groups in total. The number of thioether (sulfide) groups is 1. The normalized spacial score (nSPS) is 18.8. The summed E-state index contributed by atoms with van der Waals surface area (Å²) in [6, 6.07) is 20.0. The largest absolute Gasteiger partial charge is 0.444 e. The zero-order valence-electron chi connectivity index (χ0n) is 20.6. The van der Waals surface area contributed by atoms with E-state index in [-0.39, 0.29) is 24.0 Å². The van der Waals surface area contributed by atoms with Gasteiger partial charge >= 0.3 is 6.09 Å². The summed E-state index contributed by atoms with van der Waals surface area (Å²) in [5, 5.41) is 6.48. The molecule has 1 saturated carbocycles. The average Bonchev–Trinajstić information content (AvgIpc) is 3.26. The van der Waals surface area contributed by atoms with Gasteiger partial charge in [-0.3, -0.25) is 4.79 Å². The number of ether oxygens (including phenoxy) is 1. The second-order valence-electron chi connectivity index (χ2n) is 9.96. The molecule has 184 valence electrons. The molecule has 1 aliphatic carbocycles. The van der Waals surface area contributed by atoms with Crippen molar-refractivity contribution in [1.29, 1.82) is 0 Å². The van der Waals surface area contributed by atoms with Gasteiger partial charge < -0.3 is 15.4 Å². The molecule has 0 saturated heterocycles. The summed E-state index contributed by atoms with van der Waals surface area (Å²) in [4.78, 5) is 25.3. The number of rotatable bonds is 10. The van der Waals surface area contributed by atoms with Crippen LogP contribution in [0.25, 0.3) is 0 Å². The van der Waals surface area contributed by atoms with E-state index in [0.29, 0.717) is 5.25 Å². The molecule has 1 unspecified atom stereocenters. The number of amides is 2. The standard InChI is InChI=1S/C28H38N2O3S/c1-28(2,3)33-27(32)30-23(18-17-21-11-6-4-7-12-21)19-20-34-25-16-10-15-24(25)26(31)29-22-13-8-5-9-14-22/h4-9,11-14,23-25H,10,15-20H2,1-3H3,(H,29,31)(H,30,32)/t23?,24-,25-/m1/s1. The van der Waals surface area contributed by atoms with Gasteiger partial charge in [0, 0.05) is 17.0 Å². The number of benzene rings is 2. The molecule has 2 aromatic carbocycles. The lowest BCUT2D eigenvalue weighted by molar-refractivity contribution is -0.119. The second-order valence-corrected chi connectivity index (χ2v) is 11.3. The fourth-order valence-corrected chi connectivity index (χ4v) is 5.84. The summed E-state index contributed by atoms with van der Waals surface area (Å²) >= 11 is 1.87. The molecule has 2 aromatic rings. The molecule has 3 rings (SSSR count). The third-order valence-electron chi connectivity index (χ3n) is 5.97. The van der Waals surface area contributed by atoms with Gasteiger partial charge in [0.25, 0.3) is 0 Å². The number of alkyl carbamates (subject to hydrolysis) is 1. The van der Waals surface area contributed by atoms with Crippen LogP contribution in [-0.2, 0) is 16.0 Å². The second kappa shape index (κ2) is 12.8. The van der Waals surface area contributed by atoms with Crippen LogP contribution in [0.3, 0.4) is 0 Å². The lowest BCUT2D eigenvalue weighted by Gasteiger charge is -2.24. The van der Waals surface area contributed by atoms with E-state index >= 15 is 0 Å². The summed E-state index contributed by atoms with van der Waals surface area (Å²) in [7, 11) is 0. The summed E-state index contributed by atoms with van der Waals surface area (Å²) < 4.78 is 5.50. The minimum atomic E-state index is -0.522. The Morgan fingerprint density at radius 1 is 1.00 bits per heavy atom. The predicted molar refractivity (Wildman–Crippen MR) is 141 cm³/mol. The smallest absolute Gasteiger partial charge is 0.407 e. The maximum absolute atomic E-state index is 12.9. The highest BCUT2D eigenvalue weighted by molar-refractivity contribution is 7.99. The van der Waals surface area contributed by atoms with E-state index in [2.05, 4.69) is 22.8 Å². The SMILES string of the molecule is CC(C)(C)OC(=O)NC(CCS[C@@H]1CCC[C@H]1C(=O)Nc1ccccc1)CCc1ccccc1. The molecule has 1 aliphatic rings. The number of hydrogen-bond acceptors (Lipinski definition) is 4. The van der Waals surface area contributed by atoms with Crippen molar-refractivity contribution in [2.75, 3.05) is 11.1 Å². The van der Waals surface area contributed by atoms with Crippen LogP contribution < -0.4 is 10.6 Å². The number of anilines is 1. The van der Waals surface area contributed by atoms with Crippen LogP contribution in [0.5, 0.6) is 0 Å². The zero-order chi connectivity index (χ0) is 24.4. The number of carbonyl (C=O) groups is 2. The number of hydrogen-bond donors (Lipinski definition) is 2. The first kappa shape index (κ1) is 26.1. The Hall–Kier alpha value is -2.47. The van der Waals surface area contributed by atoms with Crippen LogP contribution in [0.4, 0.5) is 10.5 Å². The van der Waals surface area contributed by atoms with Crippen molar-refractivity contribution in [3.05, 3.63) is 66.2 Å². The van der Waals surface area contributed by atoms with Crippen molar-refractivity contribution in [3.8, 4) is 0 Å². The topological polar surface area (TPSA) is 67.4 Å². The average molecular weight is 483 g/mol. The highest BCUT2D eigenvalue weighted by atomic mass is 32.2. The third-order valence-corrected chi connectivity index (χ3v) is 7.44. The number of nitrogens with one attached hydrogen (secondary N) is 2. The lowest BCUT2D eigenvalue weighted by Crippen LogP contribution is -2.39. The van der Waals surface area contributed by atoms with Crippen molar-refractivity contribution >= 4 is 29.4 Å². The highest BCUT2D eigenvalue weighted by Crippen LogP contribution is 2.36. The van der Waals surface area contributed by atoms with Gasteiger partial charge in [-0.25, -0.2) is 4.79 Å². The molecule has 34 heavy (non-hydrogen) atoms. The summed E-state index contributed by atoms with van der Waals surface area (Å²) in [5.41, 5.74) is 1.59. The van der Waals surface area contributed by atoms with Crippen molar-refractivity contribution in [2.45, 2.75) is 76.2 Å². The zero-order valence-corrected chi connectivity index (χ0v) is 21.4. The Morgan fingerprint density at radius 3 is 2.35 bits per heavy atom. The van der Waals surface area contributed by atoms with Gasteiger partial charge in [-0.15, -0.1) is 0 Å². The third kappa shape index (κ3) is 9.05. The molecule has 0 heterocycles. The van der Waals surface area contributed by atoms with Crippen LogP contribution in [-0.4, -0.2) is 34.6 Å². The van der Waals surface area contributed by atoms with E-state index in [9.17, 15) is 9.59 Å². The Morgan fingerprint density at radius 2 is 1.68 bits per heavy atom. The Labute approximate surface area is 208 Å².